The van der Waals surface area contributed by atoms with Crippen LogP contribution in [0.25, 0.3) is 22.1 Å². The van der Waals surface area contributed by atoms with Gasteiger partial charge in [-0.1, -0.05) is 19.3 Å². The number of aromatic amines is 2. The van der Waals surface area contributed by atoms with Crippen molar-refractivity contribution < 1.29 is 4.79 Å². The number of imidazole rings is 1. The standard InChI is InChI=1S/C19H20N6O.C8H13N/c20-7-6-18-2-4-19(11-18,5-3-18)25-15(26)9-14-23-13-10-22-17-12(1-8-21-17)16(13)24-14;9-7-6-8-4-2-1-3-5-8/h1,8,10H,2-6,9,11H2,(H,21,22)(H,23,24)(H,25,26);8H,1-6H2. The van der Waals surface area contributed by atoms with E-state index in [0.29, 0.717) is 12.2 Å². The molecular formula is C27H33N7O. The molecule has 3 aromatic heterocycles. The molecule has 2 bridgehead atoms. The third kappa shape index (κ3) is 4.89. The molecule has 0 aromatic carbocycles. The Hall–Kier alpha value is -3.39. The van der Waals surface area contributed by atoms with Gasteiger partial charge in [0.05, 0.1) is 30.3 Å². The number of carbonyl (C=O) groups excluding carboxylic acids is 1. The van der Waals surface area contributed by atoms with E-state index in [9.17, 15) is 4.79 Å². The van der Waals surface area contributed by atoms with E-state index in [4.69, 9.17) is 10.5 Å². The number of nitriles is 2. The van der Waals surface area contributed by atoms with E-state index >= 15 is 0 Å². The fraction of sp³-hybridized carbons (Fsp3) is 0.593. The maximum absolute atomic E-state index is 12.6. The third-order valence-electron chi connectivity index (χ3n) is 8.36. The van der Waals surface area contributed by atoms with Gasteiger partial charge in [-0.15, -0.1) is 0 Å². The molecule has 0 radical (unpaired) electrons. The quantitative estimate of drug-likeness (QED) is 0.470. The molecule has 182 valence electrons. The van der Waals surface area contributed by atoms with Crippen molar-refractivity contribution in [1.82, 2.24) is 25.3 Å². The second-order valence-electron chi connectivity index (χ2n) is 10.8. The summed E-state index contributed by atoms with van der Waals surface area (Å²) in [5, 5.41) is 21.7. The van der Waals surface area contributed by atoms with Crippen molar-refractivity contribution in [3.63, 3.8) is 0 Å². The van der Waals surface area contributed by atoms with Gasteiger partial charge in [-0.05, 0) is 62.3 Å². The summed E-state index contributed by atoms with van der Waals surface area (Å²) < 4.78 is 0. The predicted octanol–water partition coefficient (Wildman–Crippen LogP) is 5.19. The fourth-order valence-corrected chi connectivity index (χ4v) is 6.53. The number of pyridine rings is 1. The number of hydrogen-bond acceptors (Lipinski definition) is 5. The second-order valence-corrected chi connectivity index (χ2v) is 10.8. The zero-order chi connectivity index (χ0) is 24.3. The van der Waals surface area contributed by atoms with Crippen molar-refractivity contribution >= 4 is 28.0 Å². The Morgan fingerprint density at radius 2 is 1.94 bits per heavy atom. The summed E-state index contributed by atoms with van der Waals surface area (Å²) in [5.74, 6) is 1.39. The van der Waals surface area contributed by atoms with Crippen LogP contribution in [0.5, 0.6) is 0 Å². The number of aromatic nitrogens is 4. The smallest absolute Gasteiger partial charge is 0.228 e. The number of H-pyrrole nitrogens is 2. The summed E-state index contributed by atoms with van der Waals surface area (Å²) in [7, 11) is 0. The number of amides is 1. The molecule has 3 aromatic rings. The molecule has 0 unspecified atom stereocenters. The molecule has 8 heteroatoms. The topological polar surface area (TPSA) is 134 Å². The maximum atomic E-state index is 12.6. The van der Waals surface area contributed by atoms with Gasteiger partial charge in [0.1, 0.15) is 17.0 Å². The highest BCUT2D eigenvalue weighted by Gasteiger charge is 2.54. The SMILES string of the molecule is N#CCC12CCC(NC(=O)Cc3nc4c(cnc5[nH]ccc54)[nH]3)(CC1)C2.N#CCC1CCCCC1. The van der Waals surface area contributed by atoms with Gasteiger partial charge in [-0.25, -0.2) is 9.97 Å². The van der Waals surface area contributed by atoms with Gasteiger partial charge in [-0.2, -0.15) is 10.5 Å². The molecule has 3 aliphatic rings. The summed E-state index contributed by atoms with van der Waals surface area (Å²) >= 11 is 0. The molecule has 3 heterocycles. The van der Waals surface area contributed by atoms with Crippen LogP contribution in [0.3, 0.4) is 0 Å². The molecule has 6 rings (SSSR count). The Kier molecular flexibility index (Phi) is 6.47. The minimum atomic E-state index is -0.116. The largest absolute Gasteiger partial charge is 0.350 e. The van der Waals surface area contributed by atoms with Crippen molar-refractivity contribution in [2.45, 2.75) is 89.0 Å². The van der Waals surface area contributed by atoms with E-state index in [0.717, 1.165) is 66.5 Å². The summed E-state index contributed by atoms with van der Waals surface area (Å²) in [6, 6.07) is 6.51. The number of rotatable bonds is 5. The first-order valence-electron chi connectivity index (χ1n) is 12.9. The van der Waals surface area contributed by atoms with E-state index in [2.05, 4.69) is 37.4 Å². The summed E-state index contributed by atoms with van der Waals surface area (Å²) in [4.78, 5) is 27.9. The van der Waals surface area contributed by atoms with Crippen LogP contribution in [-0.4, -0.2) is 31.4 Å². The van der Waals surface area contributed by atoms with Crippen LogP contribution in [0.15, 0.2) is 18.5 Å². The Balaban J connectivity index is 0.000000239. The zero-order valence-corrected chi connectivity index (χ0v) is 20.2. The summed E-state index contributed by atoms with van der Waals surface area (Å²) in [6.45, 7) is 0. The first kappa shape index (κ1) is 23.4. The lowest BCUT2D eigenvalue weighted by atomic mass is 9.81. The summed E-state index contributed by atoms with van der Waals surface area (Å²) in [6.07, 6.45) is 16.9. The number of carbonyl (C=O) groups is 1. The molecule has 35 heavy (non-hydrogen) atoms. The Morgan fingerprint density at radius 1 is 1.14 bits per heavy atom. The zero-order valence-electron chi connectivity index (χ0n) is 20.2. The van der Waals surface area contributed by atoms with Crippen LogP contribution in [0, 0.1) is 34.0 Å². The minimum absolute atomic E-state index is 0.00279. The first-order chi connectivity index (χ1) is 17.0. The van der Waals surface area contributed by atoms with Crippen LogP contribution in [0.1, 0.15) is 82.9 Å². The Labute approximate surface area is 205 Å². The Bertz CT molecular complexity index is 1280. The molecule has 8 nitrogen and oxygen atoms in total. The average Bonchev–Trinajstić information content (AvgIpc) is 3.62. The molecule has 3 N–H and O–H groups in total. The number of nitrogens with zero attached hydrogens (tertiary/aromatic N) is 4. The lowest BCUT2D eigenvalue weighted by molar-refractivity contribution is -0.122. The molecule has 0 spiro atoms. The van der Waals surface area contributed by atoms with Gasteiger partial charge in [0.2, 0.25) is 5.91 Å². The van der Waals surface area contributed by atoms with Crippen molar-refractivity contribution in [2.24, 2.45) is 11.3 Å². The lowest BCUT2D eigenvalue weighted by Gasteiger charge is -2.28. The highest BCUT2D eigenvalue weighted by Crippen LogP contribution is 2.58. The molecule has 3 saturated carbocycles. The van der Waals surface area contributed by atoms with E-state index in [-0.39, 0.29) is 23.3 Å². The molecular weight excluding hydrogens is 438 g/mol. The predicted molar refractivity (Wildman–Crippen MR) is 133 cm³/mol. The van der Waals surface area contributed by atoms with Crippen LogP contribution in [0.2, 0.25) is 0 Å². The van der Waals surface area contributed by atoms with Gasteiger partial charge in [0.15, 0.2) is 0 Å². The second kappa shape index (κ2) is 9.70. The van der Waals surface area contributed by atoms with Gasteiger partial charge in [-0.3, -0.25) is 4.79 Å². The minimum Gasteiger partial charge on any atom is -0.350 e. The van der Waals surface area contributed by atoms with Gasteiger partial charge >= 0.3 is 0 Å². The van der Waals surface area contributed by atoms with E-state index in [1.807, 2.05) is 12.3 Å². The lowest BCUT2D eigenvalue weighted by Crippen LogP contribution is -2.45. The normalized spacial score (nSPS) is 25.7. The average molecular weight is 472 g/mol. The van der Waals surface area contributed by atoms with Crippen molar-refractivity contribution in [1.29, 1.82) is 10.5 Å². The van der Waals surface area contributed by atoms with Gasteiger partial charge < -0.3 is 15.3 Å². The molecule has 0 aliphatic heterocycles. The maximum Gasteiger partial charge on any atom is 0.228 e. The number of hydrogen-bond donors (Lipinski definition) is 3. The van der Waals surface area contributed by atoms with Crippen LogP contribution < -0.4 is 5.32 Å². The molecule has 0 atom stereocenters. The monoisotopic (exact) mass is 471 g/mol. The van der Waals surface area contributed by atoms with E-state index in [1.54, 1.807) is 6.20 Å². The van der Waals surface area contributed by atoms with Gasteiger partial charge in [0, 0.05) is 30.0 Å². The highest BCUT2D eigenvalue weighted by molar-refractivity contribution is 6.00. The van der Waals surface area contributed by atoms with Crippen LogP contribution >= 0.6 is 0 Å². The first-order valence-corrected chi connectivity index (χ1v) is 12.9. The van der Waals surface area contributed by atoms with Crippen molar-refractivity contribution in [3.8, 4) is 12.1 Å². The Morgan fingerprint density at radius 3 is 2.69 bits per heavy atom. The highest BCUT2D eigenvalue weighted by atomic mass is 16.1. The van der Waals surface area contributed by atoms with Crippen molar-refractivity contribution in [3.05, 3.63) is 24.3 Å². The molecule has 0 saturated heterocycles. The van der Waals surface area contributed by atoms with E-state index < -0.39 is 0 Å². The van der Waals surface area contributed by atoms with E-state index in [1.165, 1.54) is 32.1 Å². The number of nitrogens with one attached hydrogen (secondary N) is 3. The summed E-state index contributed by atoms with van der Waals surface area (Å²) in [5.41, 5.74) is 2.49. The van der Waals surface area contributed by atoms with Crippen LogP contribution in [-0.2, 0) is 11.2 Å². The number of fused-ring (bicyclic) bond motifs is 5. The fourth-order valence-electron chi connectivity index (χ4n) is 6.53. The van der Waals surface area contributed by atoms with Crippen molar-refractivity contribution in [2.75, 3.05) is 0 Å². The molecule has 1 amide bonds. The van der Waals surface area contributed by atoms with Gasteiger partial charge in [0.25, 0.3) is 0 Å². The van der Waals surface area contributed by atoms with Crippen LogP contribution in [0.4, 0.5) is 0 Å². The third-order valence-corrected chi connectivity index (χ3v) is 8.36. The molecule has 3 aliphatic carbocycles. The molecule has 3 fully saturated rings.